The summed E-state index contributed by atoms with van der Waals surface area (Å²) in [5.41, 5.74) is 1.82. The Kier molecular flexibility index (Phi) is 7.07. The summed E-state index contributed by atoms with van der Waals surface area (Å²) < 4.78 is 26.4. The van der Waals surface area contributed by atoms with Gasteiger partial charge in [-0.1, -0.05) is 24.3 Å². The van der Waals surface area contributed by atoms with Gasteiger partial charge in [0, 0.05) is 30.1 Å². The number of rotatable bonds is 8. The monoisotopic (exact) mass is 495 g/mol. The van der Waals surface area contributed by atoms with E-state index in [0.29, 0.717) is 18.2 Å². The Morgan fingerprint density at radius 2 is 1.91 bits per heavy atom. The van der Waals surface area contributed by atoms with E-state index in [4.69, 9.17) is 9.47 Å². The Balaban J connectivity index is 1.27. The highest BCUT2D eigenvalue weighted by Gasteiger charge is 2.47. The van der Waals surface area contributed by atoms with Crippen molar-refractivity contribution in [2.45, 2.75) is 31.9 Å². The highest BCUT2D eigenvalue weighted by molar-refractivity contribution is 7.09. The molecule has 1 aromatic heterocycles. The summed E-state index contributed by atoms with van der Waals surface area (Å²) in [6.07, 6.45) is 2.64. The van der Waals surface area contributed by atoms with Crippen molar-refractivity contribution in [3.05, 3.63) is 82.3 Å². The topological polar surface area (TPSA) is 38.8 Å². The van der Waals surface area contributed by atoms with Gasteiger partial charge in [0.2, 0.25) is 0 Å². The molecule has 7 heteroatoms. The van der Waals surface area contributed by atoms with Gasteiger partial charge in [0.1, 0.15) is 18.1 Å². The van der Waals surface area contributed by atoms with Crippen LogP contribution in [0, 0.1) is 11.7 Å². The van der Waals surface area contributed by atoms with Crippen LogP contribution in [0.4, 0.5) is 14.9 Å². The molecule has 0 N–H and O–H groups in total. The predicted molar refractivity (Wildman–Crippen MR) is 136 cm³/mol. The maximum absolute atomic E-state index is 14.0. The summed E-state index contributed by atoms with van der Waals surface area (Å²) in [4.78, 5) is 16.0. The molecule has 3 aromatic rings. The van der Waals surface area contributed by atoms with E-state index in [0.717, 1.165) is 60.6 Å². The van der Waals surface area contributed by atoms with Crippen LogP contribution in [0.3, 0.4) is 0 Å². The second-order valence-corrected chi connectivity index (χ2v) is 10.7. The molecule has 3 saturated heterocycles. The fourth-order valence-electron chi connectivity index (χ4n) is 5.48. The first-order valence-corrected chi connectivity index (χ1v) is 13.2. The van der Waals surface area contributed by atoms with Crippen LogP contribution in [0.1, 0.15) is 23.3 Å². The summed E-state index contributed by atoms with van der Waals surface area (Å²) in [5.74, 6) is 0.908. The normalized spacial score (nSPS) is 23.1. The van der Waals surface area contributed by atoms with Gasteiger partial charge >= 0.3 is 6.09 Å². The van der Waals surface area contributed by atoms with Gasteiger partial charge < -0.3 is 14.0 Å². The number of piperidine rings is 3. The average molecular weight is 496 g/mol. The Morgan fingerprint density at radius 3 is 2.60 bits per heavy atom. The molecule has 0 radical (unpaired) electrons. The number of benzene rings is 2. The van der Waals surface area contributed by atoms with Crippen LogP contribution in [-0.2, 0) is 17.7 Å². The van der Waals surface area contributed by atoms with Gasteiger partial charge in [-0.2, -0.15) is 0 Å². The highest BCUT2D eigenvalue weighted by atomic mass is 32.1. The average Bonchev–Trinajstić information content (AvgIpc) is 3.40. The standard InChI is InChI=1S/C28H32FN2O3S/c1-33-25-9-7-21(8-10-25)11-14-31-15-12-22(13-16-31)27(20-31)34-28(32)30(19-26-6-3-17-35-26)24-5-2-4-23(29)18-24/h2-10,17-18,22,27H,11-16,19-20H2,1H3/q+1/t22?,27-,31?/m0/s1. The fourth-order valence-corrected chi connectivity index (χ4v) is 6.18. The number of fused-ring (bicyclic) bond motifs is 3. The molecule has 0 unspecified atom stereocenters. The Labute approximate surface area is 210 Å². The SMILES string of the molecule is COc1ccc(CC[N+]23CCC(CC2)[C@@H](OC(=O)N(Cc2cccs2)c2cccc(F)c2)C3)cc1. The van der Waals surface area contributed by atoms with E-state index in [-0.39, 0.29) is 11.9 Å². The van der Waals surface area contributed by atoms with Crippen LogP contribution in [0.15, 0.2) is 66.0 Å². The first-order chi connectivity index (χ1) is 17.0. The largest absolute Gasteiger partial charge is 0.497 e. The van der Waals surface area contributed by atoms with Crippen LogP contribution in [0.5, 0.6) is 5.75 Å². The minimum atomic E-state index is -0.393. The molecule has 5 nitrogen and oxygen atoms in total. The molecular weight excluding hydrogens is 463 g/mol. The first kappa shape index (κ1) is 23.8. The third-order valence-corrected chi connectivity index (χ3v) is 8.42. The second-order valence-electron chi connectivity index (χ2n) is 9.70. The van der Waals surface area contributed by atoms with Gasteiger partial charge in [0.15, 0.2) is 6.10 Å². The number of anilines is 1. The maximum Gasteiger partial charge on any atom is 0.415 e. The molecule has 6 rings (SSSR count). The van der Waals surface area contributed by atoms with E-state index in [2.05, 4.69) is 12.1 Å². The molecule has 3 fully saturated rings. The lowest BCUT2D eigenvalue weighted by molar-refractivity contribution is -0.945. The van der Waals surface area contributed by atoms with Gasteiger partial charge in [-0.15, -0.1) is 11.3 Å². The molecule has 1 amide bonds. The van der Waals surface area contributed by atoms with Crippen molar-refractivity contribution < 1.29 is 23.1 Å². The molecule has 1 atom stereocenters. The van der Waals surface area contributed by atoms with Gasteiger partial charge in [0.05, 0.1) is 39.0 Å². The molecule has 0 aliphatic carbocycles. The van der Waals surface area contributed by atoms with E-state index in [1.165, 1.54) is 17.7 Å². The fraction of sp³-hybridized carbons (Fsp3) is 0.393. The number of halogens is 1. The van der Waals surface area contributed by atoms with E-state index in [1.807, 2.05) is 29.6 Å². The van der Waals surface area contributed by atoms with Crippen molar-refractivity contribution in [3.8, 4) is 5.75 Å². The summed E-state index contributed by atoms with van der Waals surface area (Å²) in [5, 5.41) is 1.98. The van der Waals surface area contributed by atoms with Crippen molar-refractivity contribution in [1.29, 1.82) is 0 Å². The minimum Gasteiger partial charge on any atom is -0.497 e. The molecular formula is C28H32FN2O3S+. The maximum atomic E-state index is 14.0. The Bertz CT molecular complexity index is 1130. The number of nitrogens with zero attached hydrogens (tertiary/aromatic N) is 2. The zero-order valence-electron chi connectivity index (χ0n) is 20.1. The van der Waals surface area contributed by atoms with Gasteiger partial charge in [0.25, 0.3) is 0 Å². The third kappa shape index (κ3) is 5.52. The van der Waals surface area contributed by atoms with Gasteiger partial charge in [-0.3, -0.25) is 4.90 Å². The minimum absolute atomic E-state index is 0.111. The molecule has 0 saturated carbocycles. The lowest BCUT2D eigenvalue weighted by Gasteiger charge is -2.52. The lowest BCUT2D eigenvalue weighted by Crippen LogP contribution is -2.65. The van der Waals surface area contributed by atoms with Gasteiger partial charge in [-0.25, -0.2) is 9.18 Å². The highest BCUT2D eigenvalue weighted by Crippen LogP contribution is 2.36. The number of methoxy groups -OCH3 is 1. The van der Waals surface area contributed by atoms with Crippen molar-refractivity contribution in [3.63, 3.8) is 0 Å². The number of ether oxygens (including phenoxy) is 2. The lowest BCUT2D eigenvalue weighted by atomic mass is 9.83. The van der Waals surface area contributed by atoms with Crippen molar-refractivity contribution >= 4 is 23.1 Å². The molecule has 2 aromatic carbocycles. The van der Waals surface area contributed by atoms with E-state index in [1.54, 1.807) is 35.5 Å². The Hall–Kier alpha value is -2.90. The van der Waals surface area contributed by atoms with E-state index >= 15 is 0 Å². The zero-order chi connectivity index (χ0) is 24.3. The molecule has 4 heterocycles. The number of amides is 1. The summed E-state index contributed by atoms with van der Waals surface area (Å²) in [7, 11) is 1.68. The van der Waals surface area contributed by atoms with Crippen LogP contribution in [0.2, 0.25) is 0 Å². The molecule has 184 valence electrons. The number of hydrogen-bond acceptors (Lipinski definition) is 4. The molecule has 3 aliphatic rings. The summed E-state index contributed by atoms with van der Waals surface area (Å²) in [6, 6.07) is 18.4. The molecule has 3 aliphatic heterocycles. The van der Waals surface area contributed by atoms with Crippen molar-refractivity contribution in [1.82, 2.24) is 0 Å². The molecule has 0 spiro atoms. The predicted octanol–water partition coefficient (Wildman–Crippen LogP) is 5.89. The van der Waals surface area contributed by atoms with Crippen molar-refractivity contribution in [2.24, 2.45) is 5.92 Å². The summed E-state index contributed by atoms with van der Waals surface area (Å²) >= 11 is 1.58. The van der Waals surface area contributed by atoms with Gasteiger partial charge in [-0.05, 0) is 47.3 Å². The van der Waals surface area contributed by atoms with Crippen LogP contribution >= 0.6 is 11.3 Å². The molecule has 2 bridgehead atoms. The Morgan fingerprint density at radius 1 is 1.11 bits per heavy atom. The molecule has 35 heavy (non-hydrogen) atoms. The van der Waals surface area contributed by atoms with Crippen LogP contribution < -0.4 is 9.64 Å². The first-order valence-electron chi connectivity index (χ1n) is 12.3. The third-order valence-electron chi connectivity index (χ3n) is 7.56. The number of quaternary nitrogens is 1. The smallest absolute Gasteiger partial charge is 0.415 e. The number of carbonyl (C=O) groups is 1. The van der Waals surface area contributed by atoms with Crippen molar-refractivity contribution in [2.75, 3.05) is 38.2 Å². The quantitative estimate of drug-likeness (QED) is 0.366. The van der Waals surface area contributed by atoms with Crippen LogP contribution in [0.25, 0.3) is 0 Å². The van der Waals surface area contributed by atoms with E-state index in [9.17, 15) is 9.18 Å². The van der Waals surface area contributed by atoms with Crippen LogP contribution in [-0.4, -0.2) is 50.0 Å². The zero-order valence-corrected chi connectivity index (χ0v) is 20.9. The number of hydrogen-bond donors (Lipinski definition) is 0. The second kappa shape index (κ2) is 10.4. The summed E-state index contributed by atoms with van der Waals surface area (Å²) in [6.45, 7) is 4.53. The number of carbonyl (C=O) groups excluding carboxylic acids is 1. The number of thiophene rings is 1. The van der Waals surface area contributed by atoms with E-state index < -0.39 is 6.09 Å².